The lowest BCUT2D eigenvalue weighted by Crippen LogP contribution is -2.12. The van der Waals surface area contributed by atoms with E-state index in [1.165, 1.54) is 0 Å². The van der Waals surface area contributed by atoms with E-state index in [9.17, 15) is 9.59 Å². The van der Waals surface area contributed by atoms with Gasteiger partial charge in [0.2, 0.25) is 0 Å². The van der Waals surface area contributed by atoms with Crippen molar-refractivity contribution in [3.8, 4) is 5.75 Å². The van der Waals surface area contributed by atoms with Crippen molar-refractivity contribution in [2.24, 2.45) is 0 Å². The maximum atomic E-state index is 12.4. The molecule has 0 spiro atoms. The first-order valence-electron chi connectivity index (χ1n) is 10.5. The van der Waals surface area contributed by atoms with E-state index in [4.69, 9.17) is 9.47 Å². The first kappa shape index (κ1) is 22.5. The Kier molecular flexibility index (Phi) is 9.76. The van der Waals surface area contributed by atoms with Crippen molar-refractivity contribution >= 4 is 17.6 Å². The predicted molar refractivity (Wildman–Crippen MR) is 116 cm³/mol. The molecule has 29 heavy (non-hydrogen) atoms. The summed E-state index contributed by atoms with van der Waals surface area (Å²) >= 11 is 0. The summed E-state index contributed by atoms with van der Waals surface area (Å²) in [6.45, 7) is 5.38. The summed E-state index contributed by atoms with van der Waals surface area (Å²) in [5.41, 5.74) is 1.65. The van der Waals surface area contributed by atoms with Crippen molar-refractivity contribution in [2.45, 2.75) is 52.4 Å². The Morgan fingerprint density at radius 3 is 1.97 bits per heavy atom. The van der Waals surface area contributed by atoms with Crippen LogP contribution in [-0.4, -0.2) is 25.1 Å². The van der Waals surface area contributed by atoms with Crippen molar-refractivity contribution in [1.82, 2.24) is 0 Å². The average Bonchev–Trinajstić information content (AvgIpc) is 2.75. The fraction of sp³-hybridized carbons (Fsp3) is 0.417. The van der Waals surface area contributed by atoms with Gasteiger partial charge in [0, 0.05) is 11.3 Å². The third kappa shape index (κ3) is 7.98. The Morgan fingerprint density at radius 2 is 1.34 bits per heavy atom. The van der Waals surface area contributed by atoms with Crippen LogP contribution >= 0.6 is 0 Å². The fourth-order valence-electron chi connectivity index (χ4n) is 2.74. The molecule has 0 heterocycles. The second kappa shape index (κ2) is 12.6. The number of hydrogen-bond donors (Lipinski definition) is 1. The number of nitrogens with one attached hydrogen (secondary N) is 1. The minimum atomic E-state index is -0.339. The van der Waals surface area contributed by atoms with Crippen molar-refractivity contribution in [2.75, 3.05) is 18.5 Å². The van der Waals surface area contributed by atoms with Gasteiger partial charge in [-0.2, -0.15) is 0 Å². The Hall–Kier alpha value is -2.82. The average molecular weight is 398 g/mol. The lowest BCUT2D eigenvalue weighted by molar-refractivity contribution is 0.0498. The molecule has 1 N–H and O–H groups in total. The molecule has 5 nitrogen and oxygen atoms in total. The molecule has 0 aliphatic heterocycles. The molecule has 1 amide bonds. The van der Waals surface area contributed by atoms with Crippen LogP contribution in [0.2, 0.25) is 0 Å². The van der Waals surface area contributed by atoms with E-state index < -0.39 is 0 Å². The predicted octanol–water partition coefficient (Wildman–Crippen LogP) is 5.85. The SMILES string of the molecule is CCCCCOC(=O)c1ccc(NC(=O)c2ccc(OCCCCC)cc2)cc1. The number of esters is 1. The van der Waals surface area contributed by atoms with Crippen molar-refractivity contribution in [3.05, 3.63) is 59.7 Å². The topological polar surface area (TPSA) is 64.6 Å². The Labute approximate surface area is 173 Å². The summed E-state index contributed by atoms with van der Waals surface area (Å²) < 4.78 is 10.9. The lowest BCUT2D eigenvalue weighted by atomic mass is 10.1. The van der Waals surface area contributed by atoms with Gasteiger partial charge < -0.3 is 14.8 Å². The molecule has 0 unspecified atom stereocenters. The highest BCUT2D eigenvalue weighted by atomic mass is 16.5. The summed E-state index contributed by atoms with van der Waals surface area (Å²) in [5, 5.41) is 2.83. The number of unbranched alkanes of at least 4 members (excludes halogenated alkanes) is 4. The number of carbonyl (C=O) groups excluding carboxylic acids is 2. The van der Waals surface area contributed by atoms with Crippen LogP contribution in [0.25, 0.3) is 0 Å². The van der Waals surface area contributed by atoms with Gasteiger partial charge >= 0.3 is 5.97 Å². The molecule has 0 aromatic heterocycles. The van der Waals surface area contributed by atoms with Crippen LogP contribution in [0.3, 0.4) is 0 Å². The molecule has 5 heteroatoms. The molecule has 2 rings (SSSR count). The van der Waals surface area contributed by atoms with E-state index in [0.717, 1.165) is 44.3 Å². The van der Waals surface area contributed by atoms with Crippen molar-refractivity contribution < 1.29 is 19.1 Å². The zero-order chi connectivity index (χ0) is 20.9. The molecule has 0 aliphatic rings. The fourth-order valence-corrected chi connectivity index (χ4v) is 2.74. The number of benzene rings is 2. The van der Waals surface area contributed by atoms with Crippen LogP contribution in [0.1, 0.15) is 73.1 Å². The highest BCUT2D eigenvalue weighted by molar-refractivity contribution is 6.04. The first-order valence-corrected chi connectivity index (χ1v) is 10.5. The van der Waals surface area contributed by atoms with Crippen LogP contribution in [0.4, 0.5) is 5.69 Å². The number of rotatable bonds is 12. The lowest BCUT2D eigenvalue weighted by Gasteiger charge is -2.09. The van der Waals surface area contributed by atoms with Crippen LogP contribution in [0.5, 0.6) is 5.75 Å². The van der Waals surface area contributed by atoms with E-state index >= 15 is 0 Å². The maximum absolute atomic E-state index is 12.4. The second-order valence-electron chi connectivity index (χ2n) is 6.95. The van der Waals surface area contributed by atoms with Crippen LogP contribution in [-0.2, 0) is 4.74 Å². The van der Waals surface area contributed by atoms with Gasteiger partial charge in [-0.25, -0.2) is 4.79 Å². The van der Waals surface area contributed by atoms with E-state index in [1.54, 1.807) is 48.5 Å². The van der Waals surface area contributed by atoms with E-state index in [2.05, 4.69) is 19.2 Å². The molecule has 0 bridgehead atoms. The normalized spacial score (nSPS) is 10.4. The molecule has 0 fully saturated rings. The number of hydrogen-bond acceptors (Lipinski definition) is 4. The van der Waals surface area contributed by atoms with E-state index in [1.807, 2.05) is 0 Å². The first-order chi connectivity index (χ1) is 14.1. The number of amides is 1. The highest BCUT2D eigenvalue weighted by Gasteiger charge is 2.09. The van der Waals surface area contributed by atoms with Gasteiger partial charge in [0.25, 0.3) is 5.91 Å². The van der Waals surface area contributed by atoms with Crippen molar-refractivity contribution in [3.63, 3.8) is 0 Å². The second-order valence-corrected chi connectivity index (χ2v) is 6.95. The standard InChI is InChI=1S/C24H31NO4/c1-3-5-7-17-28-22-15-11-19(12-16-22)23(26)25-21-13-9-20(10-14-21)24(27)29-18-8-6-4-2/h9-16H,3-8,17-18H2,1-2H3,(H,25,26). The molecule has 156 valence electrons. The third-order valence-corrected chi connectivity index (χ3v) is 4.49. The molecule has 2 aromatic rings. The highest BCUT2D eigenvalue weighted by Crippen LogP contribution is 2.16. The van der Waals surface area contributed by atoms with Gasteiger partial charge in [-0.05, 0) is 61.4 Å². The summed E-state index contributed by atoms with van der Waals surface area (Å²) in [6, 6.07) is 13.8. The van der Waals surface area contributed by atoms with Crippen LogP contribution in [0.15, 0.2) is 48.5 Å². The van der Waals surface area contributed by atoms with Crippen LogP contribution < -0.4 is 10.1 Å². The molecule has 0 radical (unpaired) electrons. The third-order valence-electron chi connectivity index (χ3n) is 4.49. The molecular formula is C24H31NO4. The molecule has 0 aliphatic carbocycles. The summed E-state index contributed by atoms with van der Waals surface area (Å²) in [5.74, 6) is 0.213. The minimum Gasteiger partial charge on any atom is -0.494 e. The van der Waals surface area contributed by atoms with Crippen molar-refractivity contribution in [1.29, 1.82) is 0 Å². The van der Waals surface area contributed by atoms with Gasteiger partial charge in [0.15, 0.2) is 0 Å². The number of ether oxygens (including phenoxy) is 2. The monoisotopic (exact) mass is 397 g/mol. The van der Waals surface area contributed by atoms with E-state index in [0.29, 0.717) is 30.0 Å². The summed E-state index contributed by atoms with van der Waals surface area (Å²) in [6.07, 6.45) is 6.34. The Bertz CT molecular complexity index is 753. The number of anilines is 1. The van der Waals surface area contributed by atoms with E-state index in [-0.39, 0.29) is 11.9 Å². The minimum absolute atomic E-state index is 0.211. The maximum Gasteiger partial charge on any atom is 0.338 e. The smallest absolute Gasteiger partial charge is 0.338 e. The molecule has 0 atom stereocenters. The Balaban J connectivity index is 1.83. The Morgan fingerprint density at radius 1 is 0.759 bits per heavy atom. The summed E-state index contributed by atoms with van der Waals surface area (Å²) in [7, 11) is 0. The number of carbonyl (C=O) groups is 2. The largest absolute Gasteiger partial charge is 0.494 e. The molecular weight excluding hydrogens is 366 g/mol. The zero-order valence-corrected chi connectivity index (χ0v) is 17.4. The molecule has 2 aromatic carbocycles. The van der Waals surface area contributed by atoms with Gasteiger partial charge in [0.05, 0.1) is 18.8 Å². The van der Waals surface area contributed by atoms with Crippen LogP contribution in [0, 0.1) is 0 Å². The summed E-state index contributed by atoms with van der Waals surface area (Å²) in [4.78, 5) is 24.4. The van der Waals surface area contributed by atoms with Gasteiger partial charge in [-0.15, -0.1) is 0 Å². The van der Waals surface area contributed by atoms with Gasteiger partial charge in [0.1, 0.15) is 5.75 Å². The van der Waals surface area contributed by atoms with Gasteiger partial charge in [-0.1, -0.05) is 39.5 Å². The van der Waals surface area contributed by atoms with Gasteiger partial charge in [-0.3, -0.25) is 4.79 Å². The quantitative estimate of drug-likeness (QED) is 0.360. The molecule has 0 saturated heterocycles. The zero-order valence-electron chi connectivity index (χ0n) is 17.4. The molecule has 0 saturated carbocycles.